The third-order valence-corrected chi connectivity index (χ3v) is 3.30. The molecule has 0 spiro atoms. The van der Waals surface area contributed by atoms with Crippen molar-refractivity contribution in [2.24, 2.45) is 0 Å². The number of rotatable bonds is 6. The molecule has 0 amide bonds. The summed E-state index contributed by atoms with van der Waals surface area (Å²) in [5, 5.41) is 12.7. The fraction of sp³-hybridized carbons (Fsp3) is 0.250. The van der Waals surface area contributed by atoms with Gasteiger partial charge in [0.1, 0.15) is 12.4 Å². The Morgan fingerprint density at radius 1 is 1.10 bits per heavy atom. The highest BCUT2D eigenvalue weighted by atomic mass is 35.5. The number of aliphatic hydroxyl groups excluding tert-OH is 1. The van der Waals surface area contributed by atoms with Crippen molar-refractivity contribution in [1.29, 1.82) is 0 Å². The molecule has 0 heterocycles. The minimum Gasteiger partial charge on any atom is -0.487 e. The van der Waals surface area contributed by atoms with E-state index in [0.717, 1.165) is 22.4 Å². The fourth-order valence-corrected chi connectivity index (χ4v) is 2.19. The van der Waals surface area contributed by atoms with Gasteiger partial charge in [-0.3, -0.25) is 0 Å². The molecule has 0 aliphatic carbocycles. The Kier molecular flexibility index (Phi) is 5.41. The molecule has 0 unspecified atom stereocenters. The number of hydrogen-bond donors (Lipinski definition) is 2. The maximum absolute atomic E-state index is 9.01. The summed E-state index contributed by atoms with van der Waals surface area (Å²) in [7, 11) is 1.89. The van der Waals surface area contributed by atoms with E-state index in [1.807, 2.05) is 49.5 Å². The number of benzene rings is 2. The van der Waals surface area contributed by atoms with Crippen molar-refractivity contribution in [3.8, 4) is 5.75 Å². The second-order valence-corrected chi connectivity index (χ2v) is 4.93. The first-order valence-electron chi connectivity index (χ1n) is 6.48. The smallest absolute Gasteiger partial charge is 0.142 e. The van der Waals surface area contributed by atoms with Gasteiger partial charge < -0.3 is 15.2 Å². The monoisotopic (exact) mass is 291 g/mol. The molecule has 106 valence electrons. The van der Waals surface area contributed by atoms with Crippen LogP contribution in [0.15, 0.2) is 42.5 Å². The van der Waals surface area contributed by atoms with Gasteiger partial charge >= 0.3 is 0 Å². The van der Waals surface area contributed by atoms with Gasteiger partial charge in [0.05, 0.1) is 11.6 Å². The first kappa shape index (κ1) is 14.9. The molecule has 4 heteroatoms. The molecule has 2 rings (SSSR count). The van der Waals surface area contributed by atoms with Gasteiger partial charge in [0, 0.05) is 12.1 Å². The predicted molar refractivity (Wildman–Crippen MR) is 80.9 cm³/mol. The molecule has 0 aromatic heterocycles. The summed E-state index contributed by atoms with van der Waals surface area (Å²) in [5.41, 5.74) is 2.96. The van der Waals surface area contributed by atoms with E-state index in [2.05, 4.69) is 5.32 Å². The molecule has 0 fully saturated rings. The second kappa shape index (κ2) is 7.29. The minimum absolute atomic E-state index is 0.0535. The van der Waals surface area contributed by atoms with Crippen LogP contribution in [-0.2, 0) is 19.8 Å². The lowest BCUT2D eigenvalue weighted by molar-refractivity contribution is 0.281. The van der Waals surface area contributed by atoms with E-state index >= 15 is 0 Å². The summed E-state index contributed by atoms with van der Waals surface area (Å²) in [6.45, 7) is 1.21. The van der Waals surface area contributed by atoms with Crippen molar-refractivity contribution in [3.05, 3.63) is 64.2 Å². The Labute approximate surface area is 124 Å². The average Bonchev–Trinajstić information content (AvgIpc) is 2.47. The summed E-state index contributed by atoms with van der Waals surface area (Å²) in [4.78, 5) is 0. The Morgan fingerprint density at radius 3 is 2.45 bits per heavy atom. The molecular formula is C16H18ClNO2. The normalized spacial score (nSPS) is 10.6. The topological polar surface area (TPSA) is 41.5 Å². The number of para-hydroxylation sites is 1. The minimum atomic E-state index is 0.0535. The summed E-state index contributed by atoms with van der Waals surface area (Å²) < 4.78 is 5.85. The molecule has 0 aliphatic rings. The van der Waals surface area contributed by atoms with Crippen LogP contribution in [0.4, 0.5) is 0 Å². The lowest BCUT2D eigenvalue weighted by atomic mass is 10.1. The summed E-state index contributed by atoms with van der Waals surface area (Å²) in [6, 6.07) is 13.4. The zero-order valence-corrected chi connectivity index (χ0v) is 12.2. The zero-order chi connectivity index (χ0) is 14.4. The highest BCUT2D eigenvalue weighted by molar-refractivity contribution is 6.32. The van der Waals surface area contributed by atoms with Crippen molar-refractivity contribution in [3.63, 3.8) is 0 Å². The summed E-state index contributed by atoms with van der Waals surface area (Å²) in [5.74, 6) is 0.717. The van der Waals surface area contributed by atoms with Crippen molar-refractivity contribution >= 4 is 11.6 Å². The van der Waals surface area contributed by atoms with Gasteiger partial charge in [-0.1, -0.05) is 48.0 Å². The van der Waals surface area contributed by atoms with E-state index in [-0.39, 0.29) is 6.61 Å². The summed E-state index contributed by atoms with van der Waals surface area (Å²) in [6.07, 6.45) is 0. The Hall–Kier alpha value is -1.55. The Balaban J connectivity index is 2.09. The predicted octanol–water partition coefficient (Wildman–Crippen LogP) is 3.13. The quantitative estimate of drug-likeness (QED) is 0.859. The second-order valence-electron chi connectivity index (χ2n) is 4.52. The molecule has 20 heavy (non-hydrogen) atoms. The molecule has 2 aromatic carbocycles. The van der Waals surface area contributed by atoms with E-state index in [9.17, 15) is 0 Å². The van der Waals surface area contributed by atoms with Crippen LogP contribution < -0.4 is 10.1 Å². The first-order valence-corrected chi connectivity index (χ1v) is 6.86. The highest BCUT2D eigenvalue weighted by Gasteiger charge is 2.08. The van der Waals surface area contributed by atoms with Gasteiger partial charge in [0.25, 0.3) is 0 Å². The number of nitrogens with one attached hydrogen (secondary N) is 1. The van der Waals surface area contributed by atoms with Crippen LogP contribution in [0.3, 0.4) is 0 Å². The Bertz CT molecular complexity index is 555. The van der Waals surface area contributed by atoms with Crippen LogP contribution in [0, 0.1) is 0 Å². The molecule has 0 radical (unpaired) electrons. The molecule has 2 N–H and O–H groups in total. The first-order chi connectivity index (χ1) is 9.74. The van der Waals surface area contributed by atoms with Crippen molar-refractivity contribution in [2.45, 2.75) is 19.8 Å². The third-order valence-electron chi connectivity index (χ3n) is 3.00. The number of ether oxygens (including phenoxy) is 1. The van der Waals surface area contributed by atoms with Gasteiger partial charge in [-0.25, -0.2) is 0 Å². The standard InChI is InChI=1S/C16H18ClNO2/c1-18-9-14-3-2-4-15(17)16(14)20-11-13-7-5-12(10-19)6-8-13/h2-8,18-19H,9-11H2,1H3. The van der Waals surface area contributed by atoms with Crippen LogP contribution in [0.5, 0.6) is 5.75 Å². The van der Waals surface area contributed by atoms with Crippen LogP contribution in [0.2, 0.25) is 5.02 Å². The molecule has 0 saturated carbocycles. The maximum Gasteiger partial charge on any atom is 0.142 e. The lowest BCUT2D eigenvalue weighted by Gasteiger charge is -2.13. The van der Waals surface area contributed by atoms with Crippen LogP contribution in [0.25, 0.3) is 0 Å². The van der Waals surface area contributed by atoms with Crippen LogP contribution in [0.1, 0.15) is 16.7 Å². The van der Waals surface area contributed by atoms with Crippen molar-refractivity contribution < 1.29 is 9.84 Å². The molecule has 2 aromatic rings. The van der Waals surface area contributed by atoms with Crippen LogP contribution in [-0.4, -0.2) is 12.2 Å². The largest absolute Gasteiger partial charge is 0.487 e. The molecule has 0 atom stereocenters. The lowest BCUT2D eigenvalue weighted by Crippen LogP contribution is -2.08. The van der Waals surface area contributed by atoms with Gasteiger partial charge in [-0.15, -0.1) is 0 Å². The van der Waals surface area contributed by atoms with Crippen molar-refractivity contribution in [1.82, 2.24) is 5.32 Å². The molecular weight excluding hydrogens is 274 g/mol. The Morgan fingerprint density at radius 2 is 1.80 bits per heavy atom. The zero-order valence-electron chi connectivity index (χ0n) is 11.4. The van der Waals surface area contributed by atoms with E-state index < -0.39 is 0 Å². The summed E-state index contributed by atoms with van der Waals surface area (Å²) >= 11 is 6.19. The van der Waals surface area contributed by atoms with E-state index in [4.69, 9.17) is 21.4 Å². The SMILES string of the molecule is CNCc1cccc(Cl)c1OCc1ccc(CO)cc1. The number of halogens is 1. The van der Waals surface area contributed by atoms with Crippen molar-refractivity contribution in [2.75, 3.05) is 7.05 Å². The fourth-order valence-electron chi connectivity index (χ4n) is 1.94. The number of aliphatic hydroxyl groups is 1. The van der Waals surface area contributed by atoms with Crippen LogP contribution >= 0.6 is 11.6 Å². The van der Waals surface area contributed by atoms with E-state index in [1.54, 1.807) is 0 Å². The molecule has 0 aliphatic heterocycles. The number of hydrogen-bond acceptors (Lipinski definition) is 3. The highest BCUT2D eigenvalue weighted by Crippen LogP contribution is 2.29. The maximum atomic E-state index is 9.01. The van der Waals surface area contributed by atoms with Gasteiger partial charge in [0.15, 0.2) is 0 Å². The third kappa shape index (κ3) is 3.73. The molecule has 0 bridgehead atoms. The van der Waals surface area contributed by atoms with Gasteiger partial charge in [0.2, 0.25) is 0 Å². The average molecular weight is 292 g/mol. The van der Waals surface area contributed by atoms with Gasteiger partial charge in [-0.05, 0) is 24.2 Å². The molecule has 3 nitrogen and oxygen atoms in total. The molecule has 0 saturated heterocycles. The van der Waals surface area contributed by atoms with E-state index in [0.29, 0.717) is 18.2 Å². The van der Waals surface area contributed by atoms with Gasteiger partial charge in [-0.2, -0.15) is 0 Å². The van der Waals surface area contributed by atoms with E-state index in [1.165, 1.54) is 0 Å².